The van der Waals surface area contributed by atoms with Crippen molar-refractivity contribution >= 4 is 23.0 Å². The van der Waals surface area contributed by atoms with Crippen LogP contribution in [0, 0.1) is 20.2 Å². The first-order chi connectivity index (χ1) is 11.8. The molecule has 1 atom stereocenters. The molecule has 0 amide bonds. The van der Waals surface area contributed by atoms with Crippen molar-refractivity contribution in [2.24, 2.45) is 0 Å². The Balaban J connectivity index is 2.29. The lowest BCUT2D eigenvalue weighted by Crippen LogP contribution is -2.42. The largest absolute Gasteiger partial charge is 0.548 e. The van der Waals surface area contributed by atoms with Crippen LogP contribution in [0.2, 0.25) is 0 Å². The lowest BCUT2D eigenvalue weighted by molar-refractivity contribution is -0.393. The van der Waals surface area contributed by atoms with Crippen molar-refractivity contribution in [1.82, 2.24) is 0 Å². The van der Waals surface area contributed by atoms with E-state index in [0.717, 1.165) is 18.2 Å². The number of rotatable bonds is 7. The fourth-order valence-corrected chi connectivity index (χ4v) is 2.16. The Bertz CT molecular complexity index is 820. The Kier molecular flexibility index (Phi) is 5.12. The number of phenols is 1. The van der Waals surface area contributed by atoms with Crippen molar-refractivity contribution in [3.05, 3.63) is 68.3 Å². The standard InChI is InChI=1S/C15H13N3O7/c19-11-4-1-9(2-5-11)7-13(15(20)21)16-12-6-3-10(17(22)23)8-14(12)18(24)25/h1-6,8,13,16,19H,7H2,(H,20,21)/p-1. The molecule has 10 heteroatoms. The van der Waals surface area contributed by atoms with E-state index in [-0.39, 0.29) is 17.9 Å². The number of nitro groups is 2. The van der Waals surface area contributed by atoms with E-state index in [9.17, 15) is 35.2 Å². The minimum Gasteiger partial charge on any atom is -0.548 e. The molecule has 130 valence electrons. The third-order valence-electron chi connectivity index (χ3n) is 3.38. The second-order valence-corrected chi connectivity index (χ2v) is 5.10. The average Bonchev–Trinajstić information content (AvgIpc) is 2.55. The van der Waals surface area contributed by atoms with Crippen LogP contribution in [0.1, 0.15) is 5.56 Å². The molecule has 0 aliphatic heterocycles. The number of carbonyl (C=O) groups is 1. The lowest BCUT2D eigenvalue weighted by Gasteiger charge is -2.21. The first-order valence-corrected chi connectivity index (χ1v) is 6.96. The molecular formula is C15H12N3O7-. The van der Waals surface area contributed by atoms with Gasteiger partial charge in [-0.2, -0.15) is 0 Å². The summed E-state index contributed by atoms with van der Waals surface area (Å²) in [6, 6.07) is 7.27. The fraction of sp³-hybridized carbons (Fsp3) is 0.133. The summed E-state index contributed by atoms with van der Waals surface area (Å²) in [5, 5.41) is 44.8. The second-order valence-electron chi connectivity index (χ2n) is 5.10. The van der Waals surface area contributed by atoms with Crippen LogP contribution in [-0.2, 0) is 11.2 Å². The normalized spacial score (nSPS) is 11.5. The topological polar surface area (TPSA) is 159 Å². The van der Waals surface area contributed by atoms with Gasteiger partial charge in [-0.15, -0.1) is 0 Å². The highest BCUT2D eigenvalue weighted by molar-refractivity contribution is 5.78. The number of benzene rings is 2. The minimum absolute atomic E-state index is 0.00714. The van der Waals surface area contributed by atoms with Gasteiger partial charge in [0.15, 0.2) is 0 Å². The first-order valence-electron chi connectivity index (χ1n) is 6.96. The van der Waals surface area contributed by atoms with E-state index in [1.807, 2.05) is 0 Å². The molecule has 25 heavy (non-hydrogen) atoms. The molecule has 0 aliphatic carbocycles. The molecule has 2 N–H and O–H groups in total. The Morgan fingerprint density at radius 3 is 2.24 bits per heavy atom. The number of carboxylic acids is 1. The summed E-state index contributed by atoms with van der Waals surface area (Å²) in [7, 11) is 0. The molecular weight excluding hydrogens is 334 g/mol. The van der Waals surface area contributed by atoms with Gasteiger partial charge in [-0.3, -0.25) is 20.2 Å². The van der Waals surface area contributed by atoms with E-state index < -0.39 is 33.2 Å². The smallest absolute Gasteiger partial charge is 0.299 e. The van der Waals surface area contributed by atoms with Gasteiger partial charge in [-0.25, -0.2) is 0 Å². The highest BCUT2D eigenvalue weighted by atomic mass is 16.6. The molecule has 1 unspecified atom stereocenters. The SMILES string of the molecule is O=C([O-])C(Cc1ccc(O)cc1)Nc1ccc([N+](=O)[O-])cc1[N+](=O)[O-]. The Hall–Kier alpha value is -3.69. The minimum atomic E-state index is -1.50. The Morgan fingerprint density at radius 1 is 1.08 bits per heavy atom. The van der Waals surface area contributed by atoms with Gasteiger partial charge in [0.05, 0.1) is 27.9 Å². The van der Waals surface area contributed by atoms with Gasteiger partial charge < -0.3 is 20.3 Å². The van der Waals surface area contributed by atoms with Gasteiger partial charge in [-0.05, 0) is 30.2 Å². The number of nitrogens with zero attached hydrogens (tertiary/aromatic N) is 2. The van der Waals surface area contributed by atoms with Crippen LogP contribution in [0.15, 0.2) is 42.5 Å². The van der Waals surface area contributed by atoms with E-state index in [2.05, 4.69) is 5.32 Å². The van der Waals surface area contributed by atoms with Crippen LogP contribution in [0.3, 0.4) is 0 Å². The molecule has 2 rings (SSSR count). The molecule has 0 radical (unpaired) electrons. The van der Waals surface area contributed by atoms with Crippen molar-refractivity contribution in [2.45, 2.75) is 12.5 Å². The number of non-ortho nitro benzene ring substituents is 1. The van der Waals surface area contributed by atoms with E-state index in [0.29, 0.717) is 5.56 Å². The van der Waals surface area contributed by atoms with E-state index in [1.165, 1.54) is 24.3 Å². The number of phenolic OH excluding ortho intramolecular Hbond substituents is 1. The summed E-state index contributed by atoms with van der Waals surface area (Å²) in [6.45, 7) is 0. The predicted molar refractivity (Wildman–Crippen MR) is 84.0 cm³/mol. The number of nitro benzene ring substituents is 2. The number of hydrogen-bond acceptors (Lipinski definition) is 8. The van der Waals surface area contributed by atoms with Gasteiger partial charge in [0.25, 0.3) is 11.4 Å². The van der Waals surface area contributed by atoms with Crippen molar-refractivity contribution in [1.29, 1.82) is 0 Å². The number of anilines is 1. The quantitative estimate of drug-likeness (QED) is 0.554. The third-order valence-corrected chi connectivity index (χ3v) is 3.38. The Morgan fingerprint density at radius 2 is 1.72 bits per heavy atom. The van der Waals surface area contributed by atoms with Gasteiger partial charge >= 0.3 is 0 Å². The van der Waals surface area contributed by atoms with Gasteiger partial charge in [0.1, 0.15) is 11.4 Å². The van der Waals surface area contributed by atoms with Crippen LogP contribution >= 0.6 is 0 Å². The van der Waals surface area contributed by atoms with Gasteiger partial charge in [0, 0.05) is 6.07 Å². The third kappa shape index (κ3) is 4.41. The molecule has 0 spiro atoms. The highest BCUT2D eigenvalue weighted by Gasteiger charge is 2.22. The van der Waals surface area contributed by atoms with Crippen molar-refractivity contribution in [3.63, 3.8) is 0 Å². The highest BCUT2D eigenvalue weighted by Crippen LogP contribution is 2.29. The molecule has 0 aliphatic rings. The number of aliphatic carboxylic acids is 1. The molecule has 0 bridgehead atoms. The maximum Gasteiger partial charge on any atom is 0.299 e. The summed E-state index contributed by atoms with van der Waals surface area (Å²) in [5.41, 5.74) is -0.736. The molecule has 10 nitrogen and oxygen atoms in total. The average molecular weight is 346 g/mol. The van der Waals surface area contributed by atoms with Crippen molar-refractivity contribution in [3.8, 4) is 5.75 Å². The van der Waals surface area contributed by atoms with Crippen molar-refractivity contribution < 1.29 is 24.9 Å². The van der Waals surface area contributed by atoms with Crippen LogP contribution < -0.4 is 10.4 Å². The zero-order chi connectivity index (χ0) is 18.6. The van der Waals surface area contributed by atoms with Gasteiger partial charge in [0.2, 0.25) is 0 Å². The number of hydrogen-bond donors (Lipinski definition) is 2. The zero-order valence-electron chi connectivity index (χ0n) is 12.6. The molecule has 2 aromatic carbocycles. The first kappa shape index (κ1) is 17.7. The summed E-state index contributed by atoms with van der Waals surface area (Å²) in [6.07, 6.45) is -0.0727. The second kappa shape index (κ2) is 7.25. The summed E-state index contributed by atoms with van der Waals surface area (Å²) in [4.78, 5) is 31.5. The van der Waals surface area contributed by atoms with E-state index >= 15 is 0 Å². The van der Waals surface area contributed by atoms with Crippen LogP contribution in [-0.4, -0.2) is 27.0 Å². The zero-order valence-corrected chi connectivity index (χ0v) is 12.6. The lowest BCUT2D eigenvalue weighted by atomic mass is 10.1. The maximum atomic E-state index is 11.3. The van der Waals surface area contributed by atoms with Crippen LogP contribution in [0.25, 0.3) is 0 Å². The monoisotopic (exact) mass is 346 g/mol. The predicted octanol–water partition coefficient (Wildman–Crippen LogP) is 0.982. The number of nitrogens with one attached hydrogen (secondary N) is 1. The molecule has 0 saturated heterocycles. The molecule has 2 aromatic rings. The number of carboxylic acid groups (broad SMARTS) is 1. The number of carbonyl (C=O) groups excluding carboxylic acids is 1. The van der Waals surface area contributed by atoms with Crippen LogP contribution in [0.5, 0.6) is 5.75 Å². The summed E-state index contributed by atoms with van der Waals surface area (Å²) < 4.78 is 0. The molecule has 0 saturated carbocycles. The molecule has 0 fully saturated rings. The van der Waals surface area contributed by atoms with Crippen molar-refractivity contribution in [2.75, 3.05) is 5.32 Å². The Labute approximate surface area is 140 Å². The maximum absolute atomic E-state index is 11.3. The van der Waals surface area contributed by atoms with E-state index in [4.69, 9.17) is 0 Å². The number of aromatic hydroxyl groups is 1. The molecule has 0 heterocycles. The van der Waals surface area contributed by atoms with Crippen LogP contribution in [0.4, 0.5) is 17.1 Å². The van der Waals surface area contributed by atoms with Gasteiger partial charge in [-0.1, -0.05) is 12.1 Å². The molecule has 0 aromatic heterocycles. The van der Waals surface area contributed by atoms with E-state index in [1.54, 1.807) is 0 Å². The summed E-state index contributed by atoms with van der Waals surface area (Å²) >= 11 is 0. The summed E-state index contributed by atoms with van der Waals surface area (Å²) in [5.74, 6) is -1.49. The fourth-order valence-electron chi connectivity index (χ4n) is 2.16.